The molecule has 0 saturated carbocycles. The van der Waals surface area contributed by atoms with Crippen molar-refractivity contribution in [2.24, 2.45) is 4.99 Å². The van der Waals surface area contributed by atoms with Crippen molar-refractivity contribution in [2.75, 3.05) is 11.9 Å². The first-order chi connectivity index (χ1) is 14.3. The van der Waals surface area contributed by atoms with E-state index in [1.54, 1.807) is 11.0 Å². The van der Waals surface area contributed by atoms with Gasteiger partial charge in [-0.3, -0.25) is 14.5 Å². The summed E-state index contributed by atoms with van der Waals surface area (Å²) in [6, 6.07) is 11.9. The molecular weight excluding hydrogens is 394 g/mol. The van der Waals surface area contributed by atoms with E-state index in [0.29, 0.717) is 11.7 Å². The molecule has 1 aliphatic heterocycles. The van der Waals surface area contributed by atoms with E-state index < -0.39 is 5.25 Å². The van der Waals surface area contributed by atoms with Gasteiger partial charge in [0.15, 0.2) is 5.17 Å². The van der Waals surface area contributed by atoms with Crippen molar-refractivity contribution in [1.82, 2.24) is 4.90 Å². The Kier molecular flexibility index (Phi) is 6.77. The summed E-state index contributed by atoms with van der Waals surface area (Å²) in [5, 5.41) is 3.07. The van der Waals surface area contributed by atoms with Gasteiger partial charge in [0, 0.05) is 18.7 Å². The van der Waals surface area contributed by atoms with Crippen molar-refractivity contribution in [1.29, 1.82) is 0 Å². The number of thioether (sulfide) groups is 1. The van der Waals surface area contributed by atoms with Crippen LogP contribution in [0.15, 0.2) is 54.0 Å². The lowest BCUT2D eigenvalue weighted by atomic mass is 10.1. The third-order valence-electron chi connectivity index (χ3n) is 4.88. The molecule has 2 aromatic rings. The van der Waals surface area contributed by atoms with Crippen LogP contribution in [0.2, 0.25) is 0 Å². The van der Waals surface area contributed by atoms with Crippen molar-refractivity contribution in [3.63, 3.8) is 0 Å². The van der Waals surface area contributed by atoms with E-state index in [4.69, 9.17) is 4.99 Å². The predicted molar refractivity (Wildman–Crippen MR) is 125 cm³/mol. The number of hydrogen-bond donors (Lipinski definition) is 1. The number of rotatable bonds is 6. The molecule has 0 aliphatic carbocycles. The van der Waals surface area contributed by atoms with Gasteiger partial charge in [0.2, 0.25) is 11.8 Å². The van der Waals surface area contributed by atoms with Gasteiger partial charge in [-0.1, -0.05) is 42.1 Å². The van der Waals surface area contributed by atoms with Crippen LogP contribution >= 0.6 is 11.8 Å². The van der Waals surface area contributed by atoms with Crippen LogP contribution < -0.4 is 5.32 Å². The molecule has 5 nitrogen and oxygen atoms in total. The lowest BCUT2D eigenvalue weighted by Crippen LogP contribution is -2.33. The monoisotopic (exact) mass is 421 g/mol. The van der Waals surface area contributed by atoms with Gasteiger partial charge in [0.1, 0.15) is 5.25 Å². The largest absolute Gasteiger partial charge is 0.326 e. The van der Waals surface area contributed by atoms with Crippen molar-refractivity contribution < 1.29 is 9.59 Å². The molecule has 0 spiro atoms. The average molecular weight is 422 g/mol. The highest BCUT2D eigenvalue weighted by atomic mass is 32.2. The molecule has 1 atom stereocenters. The van der Waals surface area contributed by atoms with Gasteiger partial charge in [0.25, 0.3) is 0 Å². The Hall–Kier alpha value is -2.86. The topological polar surface area (TPSA) is 61.8 Å². The molecule has 1 aliphatic rings. The molecule has 30 heavy (non-hydrogen) atoms. The number of anilines is 1. The standard InChI is InChI=1S/C24H27N3O2S/c1-6-10-27-23(29)20(14-21(28)26-22-17(4)8-7-9-18(22)5)30-24(27)25-19-12-15(2)11-16(3)13-19/h6-9,11-13,20H,1,10,14H2,2-5H3,(H,26,28)/t20-/m1/s1. The van der Waals surface area contributed by atoms with Gasteiger partial charge in [-0.2, -0.15) is 0 Å². The van der Waals surface area contributed by atoms with Crippen molar-refractivity contribution in [3.05, 3.63) is 71.3 Å². The lowest BCUT2D eigenvalue weighted by molar-refractivity contribution is -0.127. The smallest absolute Gasteiger partial charge is 0.242 e. The minimum absolute atomic E-state index is 0.0940. The van der Waals surface area contributed by atoms with Crippen molar-refractivity contribution in [3.8, 4) is 0 Å². The van der Waals surface area contributed by atoms with E-state index in [9.17, 15) is 9.59 Å². The molecular formula is C24H27N3O2S. The van der Waals surface area contributed by atoms with Gasteiger partial charge in [0.05, 0.1) is 5.69 Å². The molecule has 0 unspecified atom stereocenters. The molecule has 0 aromatic heterocycles. The second-order valence-electron chi connectivity index (χ2n) is 7.60. The number of carbonyl (C=O) groups excluding carboxylic acids is 2. The third-order valence-corrected chi connectivity index (χ3v) is 6.05. The molecule has 0 radical (unpaired) electrons. The Labute approximate surface area is 182 Å². The number of hydrogen-bond acceptors (Lipinski definition) is 4. The Balaban J connectivity index is 1.79. The molecule has 2 amide bonds. The van der Waals surface area contributed by atoms with Crippen LogP contribution in [0.4, 0.5) is 11.4 Å². The summed E-state index contributed by atoms with van der Waals surface area (Å²) in [6.07, 6.45) is 1.77. The predicted octanol–water partition coefficient (Wildman–Crippen LogP) is 5.07. The number of aliphatic imine (C=N–C) groups is 1. The van der Waals surface area contributed by atoms with Gasteiger partial charge in [-0.05, 0) is 62.1 Å². The number of benzene rings is 2. The van der Waals surface area contributed by atoms with Crippen molar-refractivity contribution >= 4 is 40.1 Å². The number of nitrogens with zero attached hydrogens (tertiary/aromatic N) is 2. The molecule has 1 saturated heterocycles. The first-order valence-electron chi connectivity index (χ1n) is 9.90. The quantitative estimate of drug-likeness (QED) is 0.663. The number of para-hydroxylation sites is 1. The molecule has 3 rings (SSSR count). The summed E-state index contributed by atoms with van der Waals surface area (Å²) in [5.41, 5.74) is 5.84. The summed E-state index contributed by atoms with van der Waals surface area (Å²) in [4.78, 5) is 31.9. The highest BCUT2D eigenvalue weighted by molar-refractivity contribution is 8.15. The number of amidine groups is 1. The van der Waals surface area contributed by atoms with Gasteiger partial charge in [-0.25, -0.2) is 4.99 Å². The average Bonchev–Trinajstić information content (AvgIpc) is 2.93. The highest BCUT2D eigenvalue weighted by Gasteiger charge is 2.38. The molecule has 0 bridgehead atoms. The van der Waals surface area contributed by atoms with Gasteiger partial charge < -0.3 is 5.32 Å². The number of aryl methyl sites for hydroxylation is 4. The van der Waals surface area contributed by atoms with Gasteiger partial charge in [-0.15, -0.1) is 6.58 Å². The maximum Gasteiger partial charge on any atom is 0.242 e. The summed E-state index contributed by atoms with van der Waals surface area (Å²) in [6.45, 7) is 12.1. The fraction of sp³-hybridized carbons (Fsp3) is 0.292. The molecule has 156 valence electrons. The highest BCUT2D eigenvalue weighted by Crippen LogP contribution is 2.32. The summed E-state index contributed by atoms with van der Waals surface area (Å²) in [7, 11) is 0. The van der Waals surface area contributed by atoms with E-state index in [1.807, 2.05) is 58.0 Å². The Bertz CT molecular complexity index is 989. The van der Waals surface area contributed by atoms with Crippen LogP contribution in [0.5, 0.6) is 0 Å². The zero-order valence-corrected chi connectivity index (χ0v) is 18.7. The maximum atomic E-state index is 12.9. The minimum Gasteiger partial charge on any atom is -0.326 e. The zero-order chi connectivity index (χ0) is 21.8. The maximum absolute atomic E-state index is 12.9. The minimum atomic E-state index is -0.501. The van der Waals surface area contributed by atoms with E-state index in [-0.39, 0.29) is 18.2 Å². The first kappa shape index (κ1) is 21.8. The normalized spacial score (nSPS) is 17.5. The number of nitrogens with one attached hydrogen (secondary N) is 1. The van der Waals surface area contributed by atoms with E-state index >= 15 is 0 Å². The molecule has 1 N–H and O–H groups in total. The Morgan fingerprint density at radius 1 is 1.17 bits per heavy atom. The zero-order valence-electron chi connectivity index (χ0n) is 17.9. The van der Waals surface area contributed by atoms with Crippen LogP contribution in [0.1, 0.15) is 28.7 Å². The fourth-order valence-electron chi connectivity index (χ4n) is 3.52. The SMILES string of the molecule is C=CCN1C(=O)[C@@H](CC(=O)Nc2c(C)cccc2C)SC1=Nc1cc(C)cc(C)c1. The summed E-state index contributed by atoms with van der Waals surface area (Å²) >= 11 is 1.34. The molecule has 1 heterocycles. The van der Waals surface area contributed by atoms with Crippen LogP contribution in [0.25, 0.3) is 0 Å². The van der Waals surface area contributed by atoms with Crippen molar-refractivity contribution in [2.45, 2.75) is 39.4 Å². The van der Waals surface area contributed by atoms with Crippen LogP contribution in [-0.4, -0.2) is 33.7 Å². The van der Waals surface area contributed by atoms with E-state index in [2.05, 4.69) is 18.0 Å². The molecule has 1 fully saturated rings. The molecule has 2 aromatic carbocycles. The summed E-state index contributed by atoms with van der Waals surface area (Å²) in [5.74, 6) is -0.288. The third kappa shape index (κ3) is 5.00. The molecule has 6 heteroatoms. The Morgan fingerprint density at radius 2 is 1.80 bits per heavy atom. The van der Waals surface area contributed by atoms with Crippen LogP contribution in [-0.2, 0) is 9.59 Å². The van der Waals surface area contributed by atoms with E-state index in [0.717, 1.165) is 33.6 Å². The number of carbonyl (C=O) groups is 2. The lowest BCUT2D eigenvalue weighted by Gasteiger charge is -2.14. The van der Waals surface area contributed by atoms with E-state index in [1.165, 1.54) is 11.8 Å². The first-order valence-corrected chi connectivity index (χ1v) is 10.8. The Morgan fingerprint density at radius 3 is 2.40 bits per heavy atom. The fourth-order valence-corrected chi connectivity index (χ4v) is 4.69. The summed E-state index contributed by atoms with van der Waals surface area (Å²) < 4.78 is 0. The van der Waals surface area contributed by atoms with Crippen LogP contribution in [0.3, 0.4) is 0 Å². The van der Waals surface area contributed by atoms with Gasteiger partial charge >= 0.3 is 0 Å². The second kappa shape index (κ2) is 9.30. The van der Waals surface area contributed by atoms with Crippen LogP contribution in [0, 0.1) is 27.7 Å². The second-order valence-corrected chi connectivity index (χ2v) is 8.77. The number of amides is 2.